The Morgan fingerprint density at radius 1 is 0.878 bits per heavy atom. The second kappa shape index (κ2) is 13.0. The molecule has 1 aliphatic heterocycles. The summed E-state index contributed by atoms with van der Waals surface area (Å²) in [5.74, 6) is 0.521. The SMILES string of the molecule is COc1cccc(C(=O)N(CC(=O)N2CCCN(c3ccc(-c4ccccc4)nn3)CC2)Cc2ccc(F)cc2)c1. The lowest BCUT2D eigenvalue weighted by molar-refractivity contribution is -0.131. The summed E-state index contributed by atoms with van der Waals surface area (Å²) in [6, 6.07) is 26.6. The highest BCUT2D eigenvalue weighted by molar-refractivity contribution is 5.96. The number of nitrogens with zero attached hydrogens (tertiary/aromatic N) is 5. The van der Waals surface area contributed by atoms with Crippen LogP contribution >= 0.6 is 0 Å². The molecule has 1 aromatic heterocycles. The smallest absolute Gasteiger partial charge is 0.254 e. The van der Waals surface area contributed by atoms with Crippen molar-refractivity contribution in [2.45, 2.75) is 13.0 Å². The highest BCUT2D eigenvalue weighted by Crippen LogP contribution is 2.20. The lowest BCUT2D eigenvalue weighted by atomic mass is 10.1. The molecule has 2 heterocycles. The number of ether oxygens (including phenoxy) is 1. The van der Waals surface area contributed by atoms with Gasteiger partial charge in [0.2, 0.25) is 5.91 Å². The minimum absolute atomic E-state index is 0.0982. The number of methoxy groups -OCH3 is 1. The third-order valence-electron chi connectivity index (χ3n) is 7.11. The molecule has 0 bridgehead atoms. The van der Waals surface area contributed by atoms with Crippen molar-refractivity contribution in [2.75, 3.05) is 44.7 Å². The number of amides is 2. The van der Waals surface area contributed by atoms with E-state index in [4.69, 9.17) is 4.74 Å². The van der Waals surface area contributed by atoms with E-state index in [1.165, 1.54) is 24.1 Å². The first kappa shape index (κ1) is 27.8. The van der Waals surface area contributed by atoms with Crippen molar-refractivity contribution in [3.8, 4) is 17.0 Å². The van der Waals surface area contributed by atoms with Crippen LogP contribution in [0, 0.1) is 5.82 Å². The van der Waals surface area contributed by atoms with Gasteiger partial charge in [0.05, 0.1) is 12.8 Å². The molecule has 8 nitrogen and oxygen atoms in total. The summed E-state index contributed by atoms with van der Waals surface area (Å²) in [6.45, 7) is 2.49. The Labute approximate surface area is 239 Å². The van der Waals surface area contributed by atoms with Crippen molar-refractivity contribution in [3.05, 3.63) is 108 Å². The van der Waals surface area contributed by atoms with Crippen LogP contribution in [0.2, 0.25) is 0 Å². The van der Waals surface area contributed by atoms with Gasteiger partial charge in [-0.15, -0.1) is 10.2 Å². The average Bonchev–Trinajstić information content (AvgIpc) is 3.29. The quantitative estimate of drug-likeness (QED) is 0.316. The molecular weight excluding hydrogens is 521 g/mol. The third-order valence-corrected chi connectivity index (χ3v) is 7.11. The van der Waals surface area contributed by atoms with Crippen LogP contribution in [0.3, 0.4) is 0 Å². The molecule has 0 unspecified atom stereocenters. The molecule has 2 amide bonds. The summed E-state index contributed by atoms with van der Waals surface area (Å²) in [5.41, 5.74) is 2.96. The summed E-state index contributed by atoms with van der Waals surface area (Å²) in [4.78, 5) is 32.5. The summed E-state index contributed by atoms with van der Waals surface area (Å²) in [5, 5.41) is 8.85. The van der Waals surface area contributed by atoms with Gasteiger partial charge in [-0.1, -0.05) is 48.5 Å². The summed E-state index contributed by atoms with van der Waals surface area (Å²) >= 11 is 0. The number of rotatable bonds is 8. The predicted octanol–water partition coefficient (Wildman–Crippen LogP) is 4.67. The molecule has 0 N–H and O–H groups in total. The Balaban J connectivity index is 1.26. The third kappa shape index (κ3) is 7.05. The number of aromatic nitrogens is 2. The second-order valence-corrected chi connectivity index (χ2v) is 9.88. The molecule has 1 saturated heterocycles. The number of carbonyl (C=O) groups excluding carboxylic acids is 2. The summed E-state index contributed by atoms with van der Waals surface area (Å²) < 4.78 is 18.8. The fraction of sp³-hybridized carbons (Fsp3) is 0.250. The number of hydrogen-bond acceptors (Lipinski definition) is 6. The molecule has 1 fully saturated rings. The fourth-order valence-electron chi connectivity index (χ4n) is 4.86. The number of carbonyl (C=O) groups is 2. The van der Waals surface area contributed by atoms with Crippen molar-refractivity contribution in [2.24, 2.45) is 0 Å². The number of anilines is 1. The maximum absolute atomic E-state index is 13.5. The molecule has 4 aromatic rings. The first-order valence-electron chi connectivity index (χ1n) is 13.6. The highest BCUT2D eigenvalue weighted by Gasteiger charge is 2.25. The Kier molecular flexibility index (Phi) is 8.83. The van der Waals surface area contributed by atoms with Gasteiger partial charge >= 0.3 is 0 Å². The lowest BCUT2D eigenvalue weighted by Gasteiger charge is -2.27. The highest BCUT2D eigenvalue weighted by atomic mass is 19.1. The average molecular weight is 554 g/mol. The topological polar surface area (TPSA) is 78.9 Å². The van der Waals surface area contributed by atoms with Gasteiger partial charge in [0.15, 0.2) is 5.82 Å². The second-order valence-electron chi connectivity index (χ2n) is 9.88. The van der Waals surface area contributed by atoms with Gasteiger partial charge in [-0.2, -0.15) is 0 Å². The van der Waals surface area contributed by atoms with Crippen molar-refractivity contribution >= 4 is 17.6 Å². The molecule has 5 rings (SSSR count). The van der Waals surface area contributed by atoms with E-state index in [0.29, 0.717) is 30.9 Å². The van der Waals surface area contributed by atoms with Crippen LogP contribution in [-0.4, -0.2) is 71.6 Å². The van der Waals surface area contributed by atoms with Gasteiger partial charge in [-0.05, 0) is 54.4 Å². The van der Waals surface area contributed by atoms with Crippen molar-refractivity contribution in [1.29, 1.82) is 0 Å². The Hall–Kier alpha value is -4.79. The first-order chi connectivity index (χ1) is 20.0. The summed E-state index contributed by atoms with van der Waals surface area (Å²) in [6.07, 6.45) is 0.760. The van der Waals surface area contributed by atoms with Crippen molar-refractivity contribution in [3.63, 3.8) is 0 Å². The molecule has 3 aromatic carbocycles. The van der Waals surface area contributed by atoms with Gasteiger partial charge in [-0.3, -0.25) is 9.59 Å². The number of benzene rings is 3. The van der Waals surface area contributed by atoms with Crippen LogP contribution in [-0.2, 0) is 11.3 Å². The van der Waals surface area contributed by atoms with Crippen LogP contribution in [0.1, 0.15) is 22.3 Å². The van der Waals surface area contributed by atoms with Crippen LogP contribution in [0.25, 0.3) is 11.3 Å². The largest absolute Gasteiger partial charge is 0.497 e. The molecule has 210 valence electrons. The molecule has 0 radical (unpaired) electrons. The van der Waals surface area contributed by atoms with Gasteiger partial charge in [-0.25, -0.2) is 4.39 Å². The van der Waals surface area contributed by atoms with E-state index in [-0.39, 0.29) is 30.7 Å². The van der Waals surface area contributed by atoms with E-state index in [9.17, 15) is 14.0 Å². The van der Waals surface area contributed by atoms with Crippen LogP contribution in [0.15, 0.2) is 91.0 Å². The van der Waals surface area contributed by atoms with Gasteiger partial charge in [0.1, 0.15) is 18.1 Å². The predicted molar refractivity (Wildman–Crippen MR) is 155 cm³/mol. The molecule has 9 heteroatoms. The number of hydrogen-bond donors (Lipinski definition) is 0. The zero-order valence-electron chi connectivity index (χ0n) is 22.9. The zero-order chi connectivity index (χ0) is 28.6. The maximum Gasteiger partial charge on any atom is 0.254 e. The Morgan fingerprint density at radius 3 is 2.41 bits per heavy atom. The number of halogens is 1. The molecule has 0 saturated carbocycles. The van der Waals surface area contributed by atoms with Gasteiger partial charge in [0.25, 0.3) is 5.91 Å². The maximum atomic E-state index is 13.5. The normalized spacial score (nSPS) is 13.4. The summed E-state index contributed by atoms with van der Waals surface area (Å²) in [7, 11) is 1.54. The molecule has 41 heavy (non-hydrogen) atoms. The van der Waals surface area contributed by atoms with Gasteiger partial charge in [0, 0.05) is 43.9 Å². The van der Waals surface area contributed by atoms with Crippen LogP contribution in [0.4, 0.5) is 10.2 Å². The standard InChI is InChI=1S/C32H32FN5O3/c1-41-28-10-5-9-26(21-28)32(40)38(22-24-11-13-27(33)14-12-24)23-31(39)37-18-6-17-36(19-20-37)30-16-15-29(34-35-30)25-7-3-2-4-8-25/h2-5,7-16,21H,6,17-20,22-23H2,1H3. The monoisotopic (exact) mass is 553 g/mol. The van der Waals surface area contributed by atoms with E-state index >= 15 is 0 Å². The minimum Gasteiger partial charge on any atom is -0.497 e. The van der Waals surface area contributed by atoms with Crippen molar-refractivity contribution in [1.82, 2.24) is 20.0 Å². The van der Waals surface area contributed by atoms with E-state index in [0.717, 1.165) is 35.6 Å². The molecule has 0 atom stereocenters. The molecule has 0 aliphatic carbocycles. The van der Waals surface area contributed by atoms with E-state index in [2.05, 4.69) is 15.1 Å². The van der Waals surface area contributed by atoms with Gasteiger partial charge < -0.3 is 19.4 Å². The Morgan fingerprint density at radius 2 is 1.68 bits per heavy atom. The first-order valence-corrected chi connectivity index (χ1v) is 13.6. The molecule has 0 spiro atoms. The van der Waals surface area contributed by atoms with E-state index in [1.807, 2.05) is 42.5 Å². The van der Waals surface area contributed by atoms with Crippen LogP contribution < -0.4 is 9.64 Å². The fourth-order valence-corrected chi connectivity index (χ4v) is 4.86. The molecular formula is C32H32FN5O3. The van der Waals surface area contributed by atoms with E-state index in [1.54, 1.807) is 41.3 Å². The lowest BCUT2D eigenvalue weighted by Crippen LogP contribution is -2.44. The Bertz CT molecular complexity index is 1470. The minimum atomic E-state index is -0.357. The van der Waals surface area contributed by atoms with Crippen LogP contribution in [0.5, 0.6) is 5.75 Å². The van der Waals surface area contributed by atoms with Crippen molar-refractivity contribution < 1.29 is 18.7 Å². The zero-order valence-corrected chi connectivity index (χ0v) is 22.9. The van der Waals surface area contributed by atoms with E-state index < -0.39 is 0 Å². The molecule has 1 aliphatic rings.